The fraction of sp³-hybridized carbons (Fsp3) is 0.0909. The summed E-state index contributed by atoms with van der Waals surface area (Å²) in [6.07, 6.45) is 3.92. The third-order valence-corrected chi connectivity index (χ3v) is 7.25. The fourth-order valence-electron chi connectivity index (χ4n) is 5.33. The molecule has 8 nitrogen and oxygen atoms in total. The fourth-order valence-corrected chi connectivity index (χ4v) is 5.33. The highest BCUT2D eigenvalue weighted by atomic mass is 16.2. The minimum atomic E-state index is -0.579. The summed E-state index contributed by atoms with van der Waals surface area (Å²) in [6, 6.07) is 29.4. The van der Waals surface area contributed by atoms with Crippen molar-refractivity contribution in [1.29, 1.82) is 5.41 Å². The topological polar surface area (TPSA) is 125 Å². The van der Waals surface area contributed by atoms with Gasteiger partial charge >= 0.3 is 0 Å². The molecular weight excluding hydrogens is 512 g/mol. The van der Waals surface area contributed by atoms with Crippen molar-refractivity contribution in [3.63, 3.8) is 0 Å². The molecule has 0 atom stereocenters. The predicted molar refractivity (Wildman–Crippen MR) is 165 cm³/mol. The highest BCUT2D eigenvalue weighted by Crippen LogP contribution is 2.35. The normalized spacial score (nSPS) is 13.5. The van der Waals surface area contributed by atoms with Gasteiger partial charge in [-0.2, -0.15) is 0 Å². The molecule has 0 saturated carbocycles. The number of carbonyl (C=O) groups excluding carboxylic acids is 2. The van der Waals surface area contributed by atoms with E-state index in [1.165, 1.54) is 6.34 Å². The first-order valence-corrected chi connectivity index (χ1v) is 13.4. The Labute approximate surface area is 236 Å². The molecule has 0 spiro atoms. The zero-order valence-corrected chi connectivity index (χ0v) is 22.2. The quantitative estimate of drug-likeness (QED) is 0.0903. The molecule has 1 aliphatic heterocycles. The van der Waals surface area contributed by atoms with Crippen LogP contribution in [0.5, 0.6) is 0 Å². The molecule has 5 aromatic rings. The Balaban J connectivity index is 1.46. The minimum Gasteiger partial charge on any atom is -0.390 e. The van der Waals surface area contributed by atoms with Crippen molar-refractivity contribution in [2.75, 3.05) is 18.4 Å². The van der Waals surface area contributed by atoms with E-state index < -0.39 is 11.8 Å². The molecular formula is C33H28N6O2. The second kappa shape index (κ2) is 10.9. The molecule has 4 aromatic carbocycles. The first-order chi connectivity index (χ1) is 20.1. The van der Waals surface area contributed by atoms with Crippen LogP contribution in [0, 0.1) is 5.41 Å². The molecule has 202 valence electrons. The standard InChI is InChI=1S/C33H28N6O2/c34-20-36-16-7-17-37-27-12-5-3-11-25(27)31(35)30-29(32(40)38-33(30)41)26-19-39(28-13-6-4-10-24(26)28)23-15-14-21-8-1-2-9-22(21)18-23/h1-6,8-15,18-20,35,37H,7,16-17H2,(H2,34,36)(H,38,40,41). The van der Waals surface area contributed by atoms with E-state index >= 15 is 0 Å². The SMILES string of the molecule is N=C(C1=C(c2cn(-c3ccc4ccccc4c3)c3ccccc23)C(=O)NC1=O)c1ccccc1NCCCN=CN. The lowest BCUT2D eigenvalue weighted by atomic mass is 9.93. The third-order valence-electron chi connectivity index (χ3n) is 7.25. The number of hydrogen-bond donors (Lipinski definition) is 4. The molecule has 1 aliphatic rings. The predicted octanol–water partition coefficient (Wildman–Crippen LogP) is 5.05. The number of aromatic nitrogens is 1. The lowest BCUT2D eigenvalue weighted by molar-refractivity contribution is -0.123. The van der Waals surface area contributed by atoms with E-state index in [-0.39, 0.29) is 16.9 Å². The van der Waals surface area contributed by atoms with E-state index in [0.717, 1.165) is 33.8 Å². The number of anilines is 1. The molecule has 0 aliphatic carbocycles. The average Bonchev–Trinajstić information content (AvgIpc) is 3.52. The van der Waals surface area contributed by atoms with Crippen LogP contribution in [0.4, 0.5) is 5.69 Å². The maximum Gasteiger partial charge on any atom is 0.261 e. The summed E-state index contributed by atoms with van der Waals surface area (Å²) < 4.78 is 2.03. The van der Waals surface area contributed by atoms with E-state index in [2.05, 4.69) is 39.9 Å². The van der Waals surface area contributed by atoms with Gasteiger partial charge in [-0.05, 0) is 41.5 Å². The van der Waals surface area contributed by atoms with E-state index in [4.69, 9.17) is 11.1 Å². The van der Waals surface area contributed by atoms with Gasteiger partial charge in [0.25, 0.3) is 11.8 Å². The van der Waals surface area contributed by atoms with E-state index in [1.54, 1.807) is 6.07 Å². The summed E-state index contributed by atoms with van der Waals surface area (Å²) in [7, 11) is 0. The lowest BCUT2D eigenvalue weighted by Gasteiger charge is -2.13. The van der Waals surface area contributed by atoms with E-state index in [9.17, 15) is 9.59 Å². The summed E-state index contributed by atoms with van der Waals surface area (Å²) >= 11 is 0. The van der Waals surface area contributed by atoms with Crippen LogP contribution in [-0.4, -0.2) is 41.5 Å². The summed E-state index contributed by atoms with van der Waals surface area (Å²) in [5, 5.41) is 17.9. The molecule has 0 unspecified atom stereocenters. The molecule has 1 aromatic heterocycles. The molecule has 8 heteroatoms. The number of hydrogen-bond acceptors (Lipinski definition) is 5. The van der Waals surface area contributed by atoms with Gasteiger partial charge in [-0.3, -0.25) is 25.3 Å². The van der Waals surface area contributed by atoms with Crippen molar-refractivity contribution in [2.45, 2.75) is 6.42 Å². The molecule has 0 radical (unpaired) electrons. The minimum absolute atomic E-state index is 0.0195. The van der Waals surface area contributed by atoms with Crippen LogP contribution in [0.1, 0.15) is 17.5 Å². The summed E-state index contributed by atoms with van der Waals surface area (Å²) in [6.45, 7) is 1.19. The number of nitrogens with one attached hydrogen (secondary N) is 3. The van der Waals surface area contributed by atoms with Crippen LogP contribution in [0.3, 0.4) is 0 Å². The van der Waals surface area contributed by atoms with Gasteiger partial charge in [-0.25, -0.2) is 0 Å². The summed E-state index contributed by atoms with van der Waals surface area (Å²) in [4.78, 5) is 30.5. The number of aliphatic imine (C=N–C) groups is 1. The Bertz CT molecular complexity index is 1900. The largest absolute Gasteiger partial charge is 0.390 e. The molecule has 0 saturated heterocycles. The number of nitrogens with zero attached hydrogens (tertiary/aromatic N) is 2. The van der Waals surface area contributed by atoms with E-state index in [0.29, 0.717) is 29.9 Å². The van der Waals surface area contributed by atoms with Crippen LogP contribution in [0.25, 0.3) is 32.9 Å². The van der Waals surface area contributed by atoms with Gasteiger partial charge < -0.3 is 15.6 Å². The monoisotopic (exact) mass is 540 g/mol. The molecule has 2 amide bonds. The average molecular weight is 541 g/mol. The van der Waals surface area contributed by atoms with Crippen LogP contribution in [0.15, 0.2) is 108 Å². The Hall–Kier alpha value is -5.50. The Morgan fingerprint density at radius 2 is 1.68 bits per heavy atom. The van der Waals surface area contributed by atoms with E-state index in [1.807, 2.05) is 71.4 Å². The number of nitrogens with two attached hydrogens (primary N) is 1. The maximum absolute atomic E-state index is 13.3. The number of amides is 2. The number of rotatable bonds is 9. The van der Waals surface area contributed by atoms with Crippen LogP contribution < -0.4 is 16.4 Å². The maximum atomic E-state index is 13.3. The van der Waals surface area contributed by atoms with Crippen molar-refractivity contribution in [3.8, 4) is 5.69 Å². The Morgan fingerprint density at radius 3 is 2.54 bits per heavy atom. The van der Waals surface area contributed by atoms with Crippen molar-refractivity contribution < 1.29 is 9.59 Å². The van der Waals surface area contributed by atoms with Gasteiger partial charge in [0.05, 0.1) is 28.7 Å². The number of para-hydroxylation sites is 2. The van der Waals surface area contributed by atoms with Gasteiger partial charge in [-0.15, -0.1) is 0 Å². The molecule has 41 heavy (non-hydrogen) atoms. The van der Waals surface area contributed by atoms with Gasteiger partial charge in [0.15, 0.2) is 0 Å². The Morgan fingerprint density at radius 1 is 0.927 bits per heavy atom. The smallest absolute Gasteiger partial charge is 0.261 e. The van der Waals surface area contributed by atoms with Crippen molar-refractivity contribution in [2.24, 2.45) is 10.7 Å². The van der Waals surface area contributed by atoms with Gasteiger partial charge in [0.2, 0.25) is 0 Å². The lowest BCUT2D eigenvalue weighted by Crippen LogP contribution is -2.25. The van der Waals surface area contributed by atoms with Crippen molar-refractivity contribution in [3.05, 3.63) is 114 Å². The summed E-state index contributed by atoms with van der Waals surface area (Å²) in [5.74, 6) is -1.09. The number of fused-ring (bicyclic) bond motifs is 2. The number of carbonyl (C=O) groups is 2. The zero-order valence-electron chi connectivity index (χ0n) is 22.2. The van der Waals surface area contributed by atoms with Crippen LogP contribution in [-0.2, 0) is 9.59 Å². The summed E-state index contributed by atoms with van der Waals surface area (Å²) in [5.41, 5.74) is 9.21. The Kier molecular flexibility index (Phi) is 6.87. The molecule has 0 fully saturated rings. The van der Waals surface area contributed by atoms with Crippen LogP contribution >= 0.6 is 0 Å². The first-order valence-electron chi connectivity index (χ1n) is 13.4. The second-order valence-electron chi connectivity index (χ2n) is 9.75. The van der Waals surface area contributed by atoms with Gasteiger partial charge in [0.1, 0.15) is 0 Å². The number of imide groups is 1. The van der Waals surface area contributed by atoms with Crippen molar-refractivity contribution >= 4 is 56.8 Å². The highest BCUT2D eigenvalue weighted by Gasteiger charge is 2.36. The highest BCUT2D eigenvalue weighted by molar-refractivity contribution is 6.48. The number of benzene rings is 4. The first kappa shape index (κ1) is 25.8. The second-order valence-corrected chi connectivity index (χ2v) is 9.75. The van der Waals surface area contributed by atoms with Gasteiger partial charge in [-0.1, -0.05) is 66.7 Å². The zero-order chi connectivity index (χ0) is 28.3. The molecule has 0 bridgehead atoms. The molecule has 5 N–H and O–H groups in total. The molecule has 2 heterocycles. The van der Waals surface area contributed by atoms with Crippen LogP contribution in [0.2, 0.25) is 0 Å². The third kappa shape index (κ3) is 4.76. The molecule has 6 rings (SSSR count). The van der Waals surface area contributed by atoms with Gasteiger partial charge in [0, 0.05) is 47.2 Å². The van der Waals surface area contributed by atoms with Crippen molar-refractivity contribution in [1.82, 2.24) is 9.88 Å².